The molecule has 2 heterocycles. The fourth-order valence-electron chi connectivity index (χ4n) is 4.92. The second-order valence-corrected chi connectivity index (χ2v) is 9.20. The first kappa shape index (κ1) is 25.7. The van der Waals surface area contributed by atoms with Crippen molar-refractivity contribution >= 4 is 22.9 Å². The highest BCUT2D eigenvalue weighted by Gasteiger charge is 2.34. The number of piperidine rings is 1. The third-order valence-electron chi connectivity index (χ3n) is 6.93. The third-order valence-corrected chi connectivity index (χ3v) is 6.93. The van der Waals surface area contributed by atoms with Gasteiger partial charge in [0.1, 0.15) is 17.4 Å². The molecule has 3 atom stereocenters. The van der Waals surface area contributed by atoms with Crippen LogP contribution < -0.4 is 4.74 Å². The van der Waals surface area contributed by atoms with Crippen LogP contribution in [-0.4, -0.2) is 52.8 Å². The maximum absolute atomic E-state index is 13.8. The van der Waals surface area contributed by atoms with Gasteiger partial charge >= 0.3 is 5.97 Å². The van der Waals surface area contributed by atoms with Crippen LogP contribution in [0.5, 0.6) is 5.75 Å². The van der Waals surface area contributed by atoms with Crippen LogP contribution in [0.2, 0.25) is 0 Å². The Hall–Kier alpha value is -3.36. The van der Waals surface area contributed by atoms with Crippen LogP contribution in [0.1, 0.15) is 36.5 Å². The summed E-state index contributed by atoms with van der Waals surface area (Å²) in [5, 5.41) is 21.6. The Morgan fingerprint density at radius 3 is 2.86 bits per heavy atom. The second-order valence-electron chi connectivity index (χ2n) is 9.20. The number of hydrogen-bond acceptors (Lipinski definition) is 5. The van der Waals surface area contributed by atoms with Gasteiger partial charge in [-0.1, -0.05) is 12.2 Å². The Balaban J connectivity index is 1.37. The summed E-state index contributed by atoms with van der Waals surface area (Å²) in [6, 6.07) is 10.6. The molecule has 190 valence electrons. The predicted molar refractivity (Wildman–Crippen MR) is 134 cm³/mol. The first-order valence-electron chi connectivity index (χ1n) is 12.0. The average molecular weight is 497 g/mol. The lowest BCUT2D eigenvalue weighted by Gasteiger charge is -2.36. The van der Waals surface area contributed by atoms with E-state index in [2.05, 4.69) is 4.98 Å². The zero-order chi connectivity index (χ0) is 25.7. The molecule has 4 rings (SSSR count). The predicted octanol–water partition coefficient (Wildman–Crippen LogP) is 5.07. The number of benzene rings is 2. The molecule has 1 saturated heterocycles. The van der Waals surface area contributed by atoms with E-state index in [1.165, 1.54) is 6.08 Å². The quantitative estimate of drug-likeness (QED) is 0.430. The highest BCUT2D eigenvalue weighted by molar-refractivity contribution is 5.83. The van der Waals surface area contributed by atoms with Crippen LogP contribution in [0.4, 0.5) is 8.78 Å². The molecular formula is C28H30F2N2O4. The number of nitrogens with zero attached hydrogens (tertiary/aromatic N) is 2. The van der Waals surface area contributed by atoms with Gasteiger partial charge in [0, 0.05) is 30.2 Å². The minimum atomic E-state index is -0.863. The number of aromatic nitrogens is 1. The number of halogens is 2. The molecule has 0 spiro atoms. The highest BCUT2D eigenvalue weighted by Crippen LogP contribution is 2.33. The summed E-state index contributed by atoms with van der Waals surface area (Å²) in [5.41, 5.74) is 1.67. The first-order valence-corrected chi connectivity index (χ1v) is 12.0. The number of aliphatic hydroxyl groups is 1. The zero-order valence-corrected chi connectivity index (χ0v) is 20.1. The van der Waals surface area contributed by atoms with Gasteiger partial charge in [-0.2, -0.15) is 0 Å². The van der Waals surface area contributed by atoms with Crippen molar-refractivity contribution in [3.05, 3.63) is 77.5 Å². The fraction of sp³-hybridized carbons (Fsp3) is 0.357. The van der Waals surface area contributed by atoms with Crippen molar-refractivity contribution < 1.29 is 28.5 Å². The number of rotatable bonds is 9. The van der Waals surface area contributed by atoms with Gasteiger partial charge < -0.3 is 14.9 Å². The number of aliphatic carboxylic acids is 1. The summed E-state index contributed by atoms with van der Waals surface area (Å²) in [6.45, 7) is 1.50. The van der Waals surface area contributed by atoms with Crippen LogP contribution in [-0.2, 0) is 4.79 Å². The van der Waals surface area contributed by atoms with Gasteiger partial charge in [0.15, 0.2) is 0 Å². The van der Waals surface area contributed by atoms with Crippen molar-refractivity contribution in [3.63, 3.8) is 0 Å². The molecule has 1 fully saturated rings. The number of hydrogen-bond donors (Lipinski definition) is 2. The molecule has 2 aromatic carbocycles. The SMILES string of the molecule is COc1ccc2nccc(C(O)CC[C@@H]3CCN(C/C=C/c4cc(F)ccc4F)C[C@@H]3C(=O)O)c2c1. The number of carboxylic acids is 1. The minimum absolute atomic E-state index is 0.0688. The molecule has 1 aliphatic heterocycles. The number of aliphatic hydroxyl groups excluding tert-OH is 1. The van der Waals surface area contributed by atoms with Crippen molar-refractivity contribution in [1.29, 1.82) is 0 Å². The van der Waals surface area contributed by atoms with E-state index in [1.807, 2.05) is 23.1 Å². The Kier molecular flexibility index (Phi) is 8.28. The number of likely N-dealkylation sites (tertiary alicyclic amines) is 1. The molecule has 1 aliphatic rings. The molecular weight excluding hydrogens is 466 g/mol. The molecule has 0 radical (unpaired) electrons. The molecule has 8 heteroatoms. The Bertz CT molecular complexity index is 1250. The summed E-state index contributed by atoms with van der Waals surface area (Å²) in [5.74, 6) is -1.84. The summed E-state index contributed by atoms with van der Waals surface area (Å²) < 4.78 is 32.5. The molecule has 0 bridgehead atoms. The summed E-state index contributed by atoms with van der Waals surface area (Å²) >= 11 is 0. The van der Waals surface area contributed by atoms with Crippen molar-refractivity contribution in [2.24, 2.45) is 11.8 Å². The van der Waals surface area contributed by atoms with Gasteiger partial charge in [-0.25, -0.2) is 8.78 Å². The van der Waals surface area contributed by atoms with E-state index in [-0.39, 0.29) is 11.5 Å². The normalized spacial score (nSPS) is 19.6. The van der Waals surface area contributed by atoms with Gasteiger partial charge in [0.2, 0.25) is 0 Å². The number of fused-ring (bicyclic) bond motifs is 1. The highest BCUT2D eigenvalue weighted by atomic mass is 19.1. The van der Waals surface area contributed by atoms with E-state index >= 15 is 0 Å². The first-order chi connectivity index (χ1) is 17.4. The number of methoxy groups -OCH3 is 1. The topological polar surface area (TPSA) is 82.9 Å². The lowest BCUT2D eigenvalue weighted by Crippen LogP contribution is -2.44. The van der Waals surface area contributed by atoms with E-state index in [9.17, 15) is 23.8 Å². The van der Waals surface area contributed by atoms with E-state index in [0.717, 1.165) is 34.7 Å². The molecule has 0 aliphatic carbocycles. The molecule has 36 heavy (non-hydrogen) atoms. The second kappa shape index (κ2) is 11.6. The minimum Gasteiger partial charge on any atom is -0.497 e. The number of pyridine rings is 1. The van der Waals surface area contributed by atoms with Crippen LogP contribution in [0, 0.1) is 23.5 Å². The van der Waals surface area contributed by atoms with Gasteiger partial charge in [0.25, 0.3) is 0 Å². The molecule has 1 aromatic heterocycles. The monoisotopic (exact) mass is 496 g/mol. The Labute approximate surface area is 208 Å². The number of carbonyl (C=O) groups is 1. The molecule has 2 N–H and O–H groups in total. The van der Waals surface area contributed by atoms with Crippen molar-refractivity contribution in [2.45, 2.75) is 25.4 Å². The lowest BCUT2D eigenvalue weighted by molar-refractivity contribution is -0.146. The average Bonchev–Trinajstić information content (AvgIpc) is 2.88. The van der Waals surface area contributed by atoms with E-state index < -0.39 is 29.6 Å². The Morgan fingerprint density at radius 2 is 2.08 bits per heavy atom. The summed E-state index contributed by atoms with van der Waals surface area (Å²) in [7, 11) is 1.58. The zero-order valence-electron chi connectivity index (χ0n) is 20.1. The molecule has 0 amide bonds. The van der Waals surface area contributed by atoms with Crippen molar-refractivity contribution in [3.8, 4) is 5.75 Å². The molecule has 1 unspecified atom stereocenters. The maximum atomic E-state index is 13.8. The van der Waals surface area contributed by atoms with Crippen LogP contribution >= 0.6 is 0 Å². The molecule has 0 saturated carbocycles. The van der Waals surface area contributed by atoms with Crippen LogP contribution in [0.3, 0.4) is 0 Å². The van der Waals surface area contributed by atoms with E-state index in [4.69, 9.17) is 4.74 Å². The summed E-state index contributed by atoms with van der Waals surface area (Å²) in [6.07, 6.45) is 5.84. The van der Waals surface area contributed by atoms with Gasteiger partial charge in [-0.15, -0.1) is 0 Å². The molecule has 6 nitrogen and oxygen atoms in total. The Morgan fingerprint density at radius 1 is 1.25 bits per heavy atom. The number of carboxylic acid groups (broad SMARTS) is 1. The standard InChI is InChI=1S/C28H30F2N2O4/c1-36-21-6-8-26-23(16-21)22(10-12-31-26)27(33)9-4-18-11-14-32(17-24(18)28(34)35)13-2-3-19-15-20(29)5-7-25(19)30/h2-3,5-8,10,12,15-16,18,24,27,33H,4,9,11,13-14,17H2,1H3,(H,34,35)/b3-2+/t18-,24+,27?/m1/s1. The summed E-state index contributed by atoms with van der Waals surface area (Å²) in [4.78, 5) is 18.4. The number of ether oxygens (including phenoxy) is 1. The fourth-order valence-corrected chi connectivity index (χ4v) is 4.92. The lowest BCUT2D eigenvalue weighted by atomic mass is 9.81. The van der Waals surface area contributed by atoms with Gasteiger partial charge in [-0.3, -0.25) is 14.7 Å². The van der Waals surface area contributed by atoms with E-state index in [0.29, 0.717) is 44.6 Å². The van der Waals surface area contributed by atoms with Gasteiger partial charge in [-0.05, 0) is 79.8 Å². The van der Waals surface area contributed by atoms with Crippen molar-refractivity contribution in [2.75, 3.05) is 26.7 Å². The van der Waals surface area contributed by atoms with Crippen LogP contribution in [0.25, 0.3) is 17.0 Å². The van der Waals surface area contributed by atoms with Crippen LogP contribution in [0.15, 0.2) is 54.7 Å². The largest absolute Gasteiger partial charge is 0.497 e. The maximum Gasteiger partial charge on any atom is 0.308 e. The van der Waals surface area contributed by atoms with E-state index in [1.54, 1.807) is 25.4 Å². The molecule has 3 aromatic rings. The van der Waals surface area contributed by atoms with Gasteiger partial charge in [0.05, 0.1) is 24.6 Å². The third kappa shape index (κ3) is 6.06. The smallest absolute Gasteiger partial charge is 0.308 e. The van der Waals surface area contributed by atoms with Crippen molar-refractivity contribution in [1.82, 2.24) is 9.88 Å².